The lowest BCUT2D eigenvalue weighted by atomic mass is 10.2. The summed E-state index contributed by atoms with van der Waals surface area (Å²) in [5.74, 6) is 0.518. The Bertz CT molecular complexity index is 899. The van der Waals surface area contributed by atoms with E-state index in [1.54, 1.807) is 19.4 Å². The zero-order chi connectivity index (χ0) is 19.1. The number of rotatable bonds is 6. The van der Waals surface area contributed by atoms with Crippen molar-refractivity contribution in [2.45, 2.75) is 6.54 Å². The first-order valence-corrected chi connectivity index (χ1v) is 8.59. The number of carbonyl (C=O) groups is 1. The number of hydrogen-bond donors (Lipinski definition) is 2. The van der Waals surface area contributed by atoms with E-state index in [4.69, 9.17) is 4.74 Å². The van der Waals surface area contributed by atoms with Crippen LogP contribution in [-0.4, -0.2) is 25.2 Å². The Kier molecular flexibility index (Phi) is 5.89. The number of urea groups is 1. The second-order valence-corrected chi connectivity index (χ2v) is 5.93. The van der Waals surface area contributed by atoms with Gasteiger partial charge in [-0.05, 0) is 35.9 Å². The van der Waals surface area contributed by atoms with Crippen LogP contribution in [0.15, 0.2) is 72.9 Å². The fourth-order valence-electron chi connectivity index (χ4n) is 2.68. The molecule has 0 atom stereocenters. The summed E-state index contributed by atoms with van der Waals surface area (Å²) in [5.41, 5.74) is 3.58. The van der Waals surface area contributed by atoms with Crippen molar-refractivity contribution in [1.29, 1.82) is 0 Å². The Morgan fingerprint density at radius 1 is 1.07 bits per heavy atom. The van der Waals surface area contributed by atoms with E-state index in [0.717, 1.165) is 22.6 Å². The van der Waals surface area contributed by atoms with Gasteiger partial charge in [-0.2, -0.15) is 0 Å². The number of nitrogens with zero attached hydrogens (tertiary/aromatic N) is 2. The number of ether oxygens (including phenoxy) is 1. The minimum absolute atomic E-state index is 0.278. The van der Waals surface area contributed by atoms with Crippen molar-refractivity contribution in [2.75, 3.05) is 24.4 Å². The highest BCUT2D eigenvalue weighted by molar-refractivity contribution is 5.94. The number of carbonyl (C=O) groups excluding carboxylic acids is 1. The van der Waals surface area contributed by atoms with E-state index in [1.807, 2.05) is 72.6 Å². The summed E-state index contributed by atoms with van der Waals surface area (Å²) in [5, 5.41) is 5.77. The van der Waals surface area contributed by atoms with Crippen LogP contribution < -0.4 is 20.3 Å². The van der Waals surface area contributed by atoms with Gasteiger partial charge in [-0.25, -0.2) is 9.78 Å². The van der Waals surface area contributed by atoms with Gasteiger partial charge in [-0.15, -0.1) is 0 Å². The maximum absolute atomic E-state index is 12.4. The molecule has 2 N–H and O–H groups in total. The summed E-state index contributed by atoms with van der Waals surface area (Å²) in [4.78, 5) is 18.5. The van der Waals surface area contributed by atoms with E-state index in [-0.39, 0.29) is 6.03 Å². The zero-order valence-electron chi connectivity index (χ0n) is 15.3. The summed E-state index contributed by atoms with van der Waals surface area (Å²) in [7, 11) is 3.53. The second-order valence-electron chi connectivity index (χ2n) is 5.93. The van der Waals surface area contributed by atoms with Gasteiger partial charge in [-0.1, -0.05) is 30.3 Å². The van der Waals surface area contributed by atoms with Crippen LogP contribution in [0, 0.1) is 0 Å². The van der Waals surface area contributed by atoms with Crippen LogP contribution in [0.4, 0.5) is 21.9 Å². The van der Waals surface area contributed by atoms with E-state index in [2.05, 4.69) is 15.6 Å². The smallest absolute Gasteiger partial charge is 0.319 e. The quantitative estimate of drug-likeness (QED) is 0.690. The Labute approximate surface area is 158 Å². The van der Waals surface area contributed by atoms with Crippen molar-refractivity contribution < 1.29 is 9.53 Å². The van der Waals surface area contributed by atoms with Crippen molar-refractivity contribution in [1.82, 2.24) is 10.3 Å². The molecule has 0 bridgehead atoms. The Balaban J connectivity index is 1.67. The van der Waals surface area contributed by atoms with Gasteiger partial charge in [0.25, 0.3) is 0 Å². The van der Waals surface area contributed by atoms with Crippen LogP contribution >= 0.6 is 0 Å². The molecule has 0 aliphatic carbocycles. The molecule has 1 heterocycles. The molecule has 3 rings (SSSR count). The Hall–Kier alpha value is -3.54. The molecule has 3 aromatic rings. The number of nitrogens with one attached hydrogen (secondary N) is 2. The van der Waals surface area contributed by atoms with Crippen molar-refractivity contribution in [3.8, 4) is 5.88 Å². The third-order valence-corrected chi connectivity index (χ3v) is 4.12. The van der Waals surface area contributed by atoms with E-state index in [1.165, 1.54) is 0 Å². The molecule has 6 nitrogen and oxygen atoms in total. The second kappa shape index (κ2) is 8.71. The topological polar surface area (TPSA) is 66.5 Å². The number of pyridine rings is 1. The maximum atomic E-state index is 12.4. The first-order valence-electron chi connectivity index (χ1n) is 8.59. The predicted molar refractivity (Wildman–Crippen MR) is 108 cm³/mol. The van der Waals surface area contributed by atoms with E-state index >= 15 is 0 Å². The maximum Gasteiger partial charge on any atom is 0.319 e. The van der Waals surface area contributed by atoms with Crippen LogP contribution in [0.1, 0.15) is 5.56 Å². The van der Waals surface area contributed by atoms with Gasteiger partial charge >= 0.3 is 6.03 Å². The van der Waals surface area contributed by atoms with Crippen LogP contribution in [0.2, 0.25) is 0 Å². The average Bonchev–Trinajstić information content (AvgIpc) is 2.73. The molecule has 138 valence electrons. The monoisotopic (exact) mass is 362 g/mol. The van der Waals surface area contributed by atoms with Gasteiger partial charge in [0.2, 0.25) is 5.88 Å². The van der Waals surface area contributed by atoms with Crippen molar-refractivity contribution in [2.24, 2.45) is 0 Å². The molecular formula is C21H22N4O2. The van der Waals surface area contributed by atoms with Crippen molar-refractivity contribution >= 4 is 23.1 Å². The molecule has 0 unspecified atom stereocenters. The van der Waals surface area contributed by atoms with Crippen LogP contribution in [0.25, 0.3) is 0 Å². The molecule has 0 aliphatic rings. The van der Waals surface area contributed by atoms with E-state index in [0.29, 0.717) is 12.4 Å². The molecular weight excluding hydrogens is 340 g/mol. The lowest BCUT2D eigenvalue weighted by molar-refractivity contribution is 0.251. The fourth-order valence-corrected chi connectivity index (χ4v) is 2.68. The molecule has 0 radical (unpaired) electrons. The van der Waals surface area contributed by atoms with Crippen LogP contribution in [0.3, 0.4) is 0 Å². The highest BCUT2D eigenvalue weighted by atomic mass is 16.5. The molecule has 2 aromatic carbocycles. The number of para-hydroxylation sites is 3. The Morgan fingerprint density at radius 2 is 1.81 bits per heavy atom. The van der Waals surface area contributed by atoms with E-state index in [9.17, 15) is 4.79 Å². The molecule has 0 saturated heterocycles. The lowest BCUT2D eigenvalue weighted by Crippen LogP contribution is -2.29. The third-order valence-electron chi connectivity index (χ3n) is 4.12. The summed E-state index contributed by atoms with van der Waals surface area (Å²) in [6, 6.07) is 21.0. The number of anilines is 3. The first kappa shape index (κ1) is 18.3. The highest BCUT2D eigenvalue weighted by Gasteiger charge is 2.11. The summed E-state index contributed by atoms with van der Waals surface area (Å²) in [6.45, 7) is 0.376. The molecule has 0 aliphatic heterocycles. The number of benzene rings is 2. The van der Waals surface area contributed by atoms with Crippen LogP contribution in [-0.2, 0) is 6.54 Å². The number of amides is 2. The molecule has 0 fully saturated rings. The van der Waals surface area contributed by atoms with Gasteiger partial charge in [0, 0.05) is 31.5 Å². The van der Waals surface area contributed by atoms with E-state index < -0.39 is 0 Å². The number of hydrogen-bond acceptors (Lipinski definition) is 4. The average molecular weight is 362 g/mol. The largest absolute Gasteiger partial charge is 0.481 e. The molecule has 0 saturated carbocycles. The van der Waals surface area contributed by atoms with Crippen LogP contribution in [0.5, 0.6) is 5.88 Å². The summed E-state index contributed by atoms with van der Waals surface area (Å²) >= 11 is 0. The number of aromatic nitrogens is 1. The molecule has 27 heavy (non-hydrogen) atoms. The first-order chi connectivity index (χ1) is 13.2. The molecule has 2 amide bonds. The SMILES string of the molecule is COc1cc(CNC(=O)Nc2ccccc2N(C)c2ccccc2)ccn1. The Morgan fingerprint density at radius 3 is 2.59 bits per heavy atom. The van der Waals surface area contributed by atoms with Gasteiger partial charge in [-0.3, -0.25) is 0 Å². The van der Waals surface area contributed by atoms with Gasteiger partial charge < -0.3 is 20.3 Å². The highest BCUT2D eigenvalue weighted by Crippen LogP contribution is 2.30. The third kappa shape index (κ3) is 4.76. The minimum Gasteiger partial charge on any atom is -0.481 e. The molecule has 0 spiro atoms. The number of methoxy groups -OCH3 is 1. The standard InChI is InChI=1S/C21H22N4O2/c1-25(17-8-4-3-5-9-17)19-11-7-6-10-18(19)24-21(26)23-15-16-12-13-22-20(14-16)27-2/h3-14H,15H2,1-2H3,(H2,23,24,26). The fraction of sp³-hybridized carbons (Fsp3) is 0.143. The molecule has 6 heteroatoms. The summed E-state index contributed by atoms with van der Waals surface area (Å²) in [6.07, 6.45) is 1.65. The lowest BCUT2D eigenvalue weighted by Gasteiger charge is -2.22. The zero-order valence-corrected chi connectivity index (χ0v) is 15.3. The van der Waals surface area contributed by atoms with Gasteiger partial charge in [0.15, 0.2) is 0 Å². The molecule has 1 aromatic heterocycles. The summed E-state index contributed by atoms with van der Waals surface area (Å²) < 4.78 is 5.10. The minimum atomic E-state index is -0.278. The van der Waals surface area contributed by atoms with Gasteiger partial charge in [0.1, 0.15) is 0 Å². The van der Waals surface area contributed by atoms with Crippen molar-refractivity contribution in [3.05, 3.63) is 78.5 Å². The van der Waals surface area contributed by atoms with Gasteiger partial charge in [0.05, 0.1) is 18.5 Å². The normalized spacial score (nSPS) is 10.1. The predicted octanol–water partition coefficient (Wildman–Crippen LogP) is 4.18. The van der Waals surface area contributed by atoms with Crippen molar-refractivity contribution in [3.63, 3.8) is 0 Å².